The second kappa shape index (κ2) is 4.04. The zero-order chi connectivity index (χ0) is 11.8. The Labute approximate surface area is 105 Å². The number of hydrogen-bond donors (Lipinski definition) is 1. The van der Waals surface area contributed by atoms with E-state index in [1.165, 1.54) is 22.6 Å². The van der Waals surface area contributed by atoms with Gasteiger partial charge in [-0.05, 0) is 25.0 Å². The Morgan fingerprint density at radius 3 is 3.06 bits per heavy atom. The fourth-order valence-electron chi connectivity index (χ4n) is 2.44. The summed E-state index contributed by atoms with van der Waals surface area (Å²) in [5, 5.41) is 2.70. The molecule has 0 saturated heterocycles. The number of nitrogens with two attached hydrogens (primary N) is 1. The molecular formula is C13H15N3S. The summed E-state index contributed by atoms with van der Waals surface area (Å²) in [5.74, 6) is 0. The zero-order valence-electron chi connectivity index (χ0n) is 9.76. The highest BCUT2D eigenvalue weighted by molar-refractivity contribution is 7.13. The van der Waals surface area contributed by atoms with Crippen LogP contribution in [0.2, 0.25) is 0 Å². The molecule has 3 nitrogen and oxygen atoms in total. The van der Waals surface area contributed by atoms with Gasteiger partial charge in [-0.25, -0.2) is 4.98 Å². The summed E-state index contributed by atoms with van der Waals surface area (Å²) in [4.78, 5) is 6.74. The molecule has 0 saturated carbocycles. The Hall–Kier alpha value is -1.55. The summed E-state index contributed by atoms with van der Waals surface area (Å²) in [6.45, 7) is 3.11. The molecule has 1 unspecified atom stereocenters. The highest BCUT2D eigenvalue weighted by atomic mass is 32.1. The minimum Gasteiger partial charge on any atom is -0.375 e. The average Bonchev–Trinajstić information content (AvgIpc) is 2.85. The van der Waals surface area contributed by atoms with E-state index in [9.17, 15) is 0 Å². The number of benzene rings is 1. The third kappa shape index (κ3) is 1.89. The number of hydrogen-bond acceptors (Lipinski definition) is 4. The van der Waals surface area contributed by atoms with Gasteiger partial charge in [0.1, 0.15) is 0 Å². The molecule has 4 heteroatoms. The maximum atomic E-state index is 5.67. The van der Waals surface area contributed by atoms with Crippen LogP contribution in [0, 0.1) is 0 Å². The summed E-state index contributed by atoms with van der Waals surface area (Å²) in [5.41, 5.74) is 9.51. The number of fused-ring (bicyclic) bond motifs is 1. The fourth-order valence-corrected chi connectivity index (χ4v) is 2.99. The summed E-state index contributed by atoms with van der Waals surface area (Å²) in [7, 11) is 0. The van der Waals surface area contributed by atoms with Gasteiger partial charge in [0.15, 0.2) is 5.13 Å². The first kappa shape index (κ1) is 10.6. The summed E-state index contributed by atoms with van der Waals surface area (Å²) in [6.07, 6.45) is 1.12. The van der Waals surface area contributed by atoms with E-state index in [1.54, 1.807) is 0 Å². The minimum atomic E-state index is 0.537. The quantitative estimate of drug-likeness (QED) is 0.884. The Morgan fingerprint density at radius 1 is 1.47 bits per heavy atom. The van der Waals surface area contributed by atoms with Gasteiger partial charge in [0.25, 0.3) is 0 Å². The number of thiazole rings is 1. The third-order valence-electron chi connectivity index (χ3n) is 3.25. The van der Waals surface area contributed by atoms with Crippen LogP contribution >= 0.6 is 11.3 Å². The van der Waals surface area contributed by atoms with E-state index in [4.69, 9.17) is 5.73 Å². The van der Waals surface area contributed by atoms with E-state index in [0.717, 1.165) is 18.7 Å². The predicted molar refractivity (Wildman–Crippen MR) is 72.3 cm³/mol. The van der Waals surface area contributed by atoms with Crippen molar-refractivity contribution in [2.75, 3.05) is 10.6 Å². The lowest BCUT2D eigenvalue weighted by Crippen LogP contribution is -2.28. The predicted octanol–water partition coefficient (Wildman–Crippen LogP) is 2.68. The molecule has 0 radical (unpaired) electrons. The molecule has 1 aliphatic heterocycles. The molecule has 0 aliphatic carbocycles. The standard InChI is InChI=1S/C13H15N3S/c1-9-6-10-4-2-3-5-12(10)16(9)7-11-8-17-13(14)15-11/h2-5,8-9H,6-7H2,1H3,(H2,14,15). The molecular weight excluding hydrogens is 230 g/mol. The minimum absolute atomic E-state index is 0.537. The lowest BCUT2D eigenvalue weighted by atomic mass is 10.1. The van der Waals surface area contributed by atoms with Crippen molar-refractivity contribution in [1.29, 1.82) is 0 Å². The van der Waals surface area contributed by atoms with Crippen LogP contribution < -0.4 is 10.6 Å². The van der Waals surface area contributed by atoms with Crippen LogP contribution in [0.15, 0.2) is 29.6 Å². The Morgan fingerprint density at radius 2 is 2.29 bits per heavy atom. The number of rotatable bonds is 2. The van der Waals surface area contributed by atoms with Gasteiger partial charge in [-0.1, -0.05) is 18.2 Å². The van der Waals surface area contributed by atoms with Crippen molar-refractivity contribution in [3.05, 3.63) is 40.9 Å². The van der Waals surface area contributed by atoms with Crippen LogP contribution in [0.4, 0.5) is 10.8 Å². The van der Waals surface area contributed by atoms with Gasteiger partial charge in [-0.3, -0.25) is 0 Å². The first-order valence-electron chi connectivity index (χ1n) is 5.78. The molecule has 0 spiro atoms. The molecule has 1 aliphatic rings. The van der Waals surface area contributed by atoms with Crippen LogP contribution in [0.3, 0.4) is 0 Å². The number of aromatic nitrogens is 1. The fraction of sp³-hybridized carbons (Fsp3) is 0.308. The topological polar surface area (TPSA) is 42.1 Å². The van der Waals surface area contributed by atoms with Crippen molar-refractivity contribution in [1.82, 2.24) is 4.98 Å². The Balaban J connectivity index is 1.88. The normalized spacial score (nSPS) is 18.4. The largest absolute Gasteiger partial charge is 0.375 e. The molecule has 2 N–H and O–H groups in total. The molecule has 17 heavy (non-hydrogen) atoms. The van der Waals surface area contributed by atoms with Crippen molar-refractivity contribution in [2.45, 2.75) is 25.9 Å². The molecule has 0 amide bonds. The molecule has 88 valence electrons. The molecule has 0 bridgehead atoms. The maximum absolute atomic E-state index is 5.67. The zero-order valence-corrected chi connectivity index (χ0v) is 10.6. The highest BCUT2D eigenvalue weighted by Crippen LogP contribution is 2.33. The van der Waals surface area contributed by atoms with Crippen LogP contribution in [0.5, 0.6) is 0 Å². The molecule has 1 aromatic heterocycles. The lowest BCUT2D eigenvalue weighted by molar-refractivity contribution is 0.667. The summed E-state index contributed by atoms with van der Waals surface area (Å²) >= 11 is 1.51. The molecule has 3 rings (SSSR count). The molecule has 0 fully saturated rings. The number of nitrogens with zero attached hydrogens (tertiary/aromatic N) is 2. The summed E-state index contributed by atoms with van der Waals surface area (Å²) < 4.78 is 0. The van der Waals surface area contributed by atoms with Crippen LogP contribution in [-0.2, 0) is 13.0 Å². The first-order valence-corrected chi connectivity index (χ1v) is 6.66. The second-order valence-corrected chi connectivity index (χ2v) is 5.38. The number of nitrogen functional groups attached to an aromatic ring is 1. The van der Waals surface area contributed by atoms with E-state index in [-0.39, 0.29) is 0 Å². The van der Waals surface area contributed by atoms with Crippen LogP contribution in [0.25, 0.3) is 0 Å². The van der Waals surface area contributed by atoms with E-state index < -0.39 is 0 Å². The van der Waals surface area contributed by atoms with E-state index in [2.05, 4.69) is 41.1 Å². The van der Waals surface area contributed by atoms with Gasteiger partial charge in [0.2, 0.25) is 0 Å². The van der Waals surface area contributed by atoms with Crippen molar-refractivity contribution in [3.8, 4) is 0 Å². The van der Waals surface area contributed by atoms with Crippen LogP contribution in [-0.4, -0.2) is 11.0 Å². The second-order valence-electron chi connectivity index (χ2n) is 4.49. The smallest absolute Gasteiger partial charge is 0.180 e. The van der Waals surface area contributed by atoms with Crippen molar-refractivity contribution < 1.29 is 0 Å². The Bertz CT molecular complexity index is 535. The average molecular weight is 245 g/mol. The molecule has 2 aromatic rings. The van der Waals surface area contributed by atoms with Crippen molar-refractivity contribution >= 4 is 22.2 Å². The van der Waals surface area contributed by atoms with Gasteiger partial charge in [-0.15, -0.1) is 11.3 Å². The number of para-hydroxylation sites is 1. The lowest BCUT2D eigenvalue weighted by Gasteiger charge is -2.23. The van der Waals surface area contributed by atoms with Crippen molar-refractivity contribution in [2.24, 2.45) is 0 Å². The van der Waals surface area contributed by atoms with Gasteiger partial charge in [-0.2, -0.15) is 0 Å². The van der Waals surface area contributed by atoms with E-state index in [1.807, 2.05) is 5.38 Å². The third-order valence-corrected chi connectivity index (χ3v) is 3.97. The van der Waals surface area contributed by atoms with E-state index >= 15 is 0 Å². The molecule has 1 atom stereocenters. The van der Waals surface area contributed by atoms with Gasteiger partial charge in [0, 0.05) is 17.1 Å². The summed E-state index contributed by atoms with van der Waals surface area (Å²) in [6, 6.07) is 9.14. The van der Waals surface area contributed by atoms with Gasteiger partial charge in [0.05, 0.1) is 12.2 Å². The SMILES string of the molecule is CC1Cc2ccccc2N1Cc1csc(N)n1. The molecule has 2 heterocycles. The van der Waals surface area contributed by atoms with Crippen LogP contribution in [0.1, 0.15) is 18.2 Å². The van der Waals surface area contributed by atoms with Gasteiger partial charge >= 0.3 is 0 Å². The Kier molecular flexibility index (Phi) is 2.52. The number of anilines is 2. The highest BCUT2D eigenvalue weighted by Gasteiger charge is 2.25. The molecule has 1 aromatic carbocycles. The van der Waals surface area contributed by atoms with Crippen molar-refractivity contribution in [3.63, 3.8) is 0 Å². The maximum Gasteiger partial charge on any atom is 0.180 e. The van der Waals surface area contributed by atoms with Gasteiger partial charge < -0.3 is 10.6 Å². The monoisotopic (exact) mass is 245 g/mol. The first-order chi connectivity index (χ1) is 8.24. The van der Waals surface area contributed by atoms with E-state index in [0.29, 0.717) is 11.2 Å².